The Morgan fingerprint density at radius 2 is 1.07 bits per heavy atom. The van der Waals surface area contributed by atoms with Crippen LogP contribution in [0.1, 0.15) is 12.5 Å². The van der Waals surface area contributed by atoms with E-state index in [1.165, 1.54) is 0 Å². The molecule has 0 spiro atoms. The molecule has 4 aromatic rings. The van der Waals surface area contributed by atoms with Crippen molar-refractivity contribution in [3.63, 3.8) is 0 Å². The minimum atomic E-state index is -6.47. The summed E-state index contributed by atoms with van der Waals surface area (Å²) in [6, 6.07) is 0. The molecule has 6 rings (SSSR count). The van der Waals surface area contributed by atoms with Crippen molar-refractivity contribution in [2.45, 2.75) is 49.1 Å². The van der Waals surface area contributed by atoms with Crippen molar-refractivity contribution in [3.05, 3.63) is 29.3 Å². The topological polar surface area (TPSA) is 500 Å². The van der Waals surface area contributed by atoms with Crippen molar-refractivity contribution < 1.29 is 103 Å². The van der Waals surface area contributed by atoms with Gasteiger partial charge in [0.05, 0.1) is 25.9 Å². The molecular weight excluding hydrogens is 903 g/mol. The first kappa shape index (κ1) is 44.5. The minimum Gasteiger partial charge on any atom is -0.387 e. The standard InChI is InChI=1S/C20H29N10O23P5/c21-14-8-15(24-3-23-14)29(4-25-8)18-12(33)10(31)6(48-18)1-46-54(36,37)50-56(40,41)52-58(44,45)53-57(42,43)51-55(38,39)47-2-7-11(32)13(34)19(49-7)30-5-26-9-16(30)27-20(22)28-17(9)35/h3-7,10-13,18-19,31-34H,1-2H2,(H,36,37)(H,38,39)(H,40,41)(H,42,43)(H,44,45)(H2,21,23,24)(H3,22,27,28,35)/t6-,7+,10-,11-,12-,13-,18-,19-/m1/s1. The maximum atomic E-state index is 12.4. The second-order valence-corrected chi connectivity index (χ2v) is 19.5. The predicted octanol–water partition coefficient (Wildman–Crippen LogP) is -3.04. The number of fused-ring (bicyclic) bond motifs is 2. The maximum Gasteiger partial charge on any atom is 0.490 e. The Kier molecular flexibility index (Phi) is 12.4. The van der Waals surface area contributed by atoms with Gasteiger partial charge in [-0.3, -0.25) is 28.0 Å². The molecule has 0 aromatic carbocycles. The van der Waals surface area contributed by atoms with Crippen molar-refractivity contribution in [1.82, 2.24) is 39.0 Å². The number of aromatic nitrogens is 8. The van der Waals surface area contributed by atoms with E-state index < -0.39 is 107 Å². The van der Waals surface area contributed by atoms with E-state index in [0.29, 0.717) is 0 Å². The Hall–Kier alpha value is -3.03. The number of nitrogens with one attached hydrogen (secondary N) is 1. The van der Waals surface area contributed by atoms with Gasteiger partial charge >= 0.3 is 39.1 Å². The van der Waals surface area contributed by atoms with E-state index in [4.69, 9.17) is 20.9 Å². The summed E-state index contributed by atoms with van der Waals surface area (Å²) in [7, 11) is -31.0. The number of hydrogen-bond donors (Lipinski definition) is 12. The Labute approximate surface area is 318 Å². The van der Waals surface area contributed by atoms with Crippen molar-refractivity contribution in [2.75, 3.05) is 24.7 Å². The lowest BCUT2D eigenvalue weighted by Gasteiger charge is -2.21. The summed E-state index contributed by atoms with van der Waals surface area (Å²) in [5.74, 6) is -0.402. The molecule has 6 heterocycles. The van der Waals surface area contributed by atoms with E-state index in [1.807, 2.05) is 0 Å². The molecule has 0 amide bonds. The first-order chi connectivity index (χ1) is 26.8. The lowest BCUT2D eigenvalue weighted by Crippen LogP contribution is -2.33. The molecular formula is C20H29N10O23P5. The van der Waals surface area contributed by atoms with E-state index in [9.17, 15) is 72.5 Å². The quantitative estimate of drug-likeness (QED) is 0.0497. The molecule has 14 N–H and O–H groups in total. The molecule has 33 nitrogen and oxygen atoms in total. The predicted molar refractivity (Wildman–Crippen MR) is 180 cm³/mol. The Balaban J connectivity index is 1.01. The fourth-order valence-corrected chi connectivity index (χ4v) is 11.7. The van der Waals surface area contributed by atoms with Gasteiger partial charge in [0, 0.05) is 0 Å². The number of aliphatic hydroxyl groups excluding tert-OH is 4. The zero-order valence-electron chi connectivity index (χ0n) is 28.0. The number of nitrogens with two attached hydrogens (primary N) is 2. The van der Waals surface area contributed by atoms with Crippen LogP contribution in [0, 0.1) is 0 Å². The van der Waals surface area contributed by atoms with Crippen LogP contribution >= 0.6 is 39.1 Å². The zero-order valence-corrected chi connectivity index (χ0v) is 32.5. The van der Waals surface area contributed by atoms with Crippen LogP contribution in [0.2, 0.25) is 0 Å². The molecule has 0 radical (unpaired) electrons. The SMILES string of the molecule is Nc1nc2c(ncn2[C@@H]2O[C@@H](COP(=O)(O)OP(=O)(O)OP(=O)(O)OP(=O)(O)OP(=O)(O)OC[C@H]3O[C@@H](n4cnc5c(N)ncnc54)[C@H](O)[C@@H]3O)[C@@H](O)[C@H]2O)c(=O)[nH]1. The highest BCUT2D eigenvalue weighted by Crippen LogP contribution is 2.73. The smallest absolute Gasteiger partial charge is 0.387 e. The number of aromatic amines is 1. The number of H-pyrrole nitrogens is 1. The number of nitrogens with zero attached hydrogens (tertiary/aromatic N) is 7. The average molecular weight is 932 g/mol. The van der Waals surface area contributed by atoms with Crippen LogP contribution in [0.3, 0.4) is 0 Å². The molecule has 2 saturated heterocycles. The zero-order chi connectivity index (χ0) is 42.7. The maximum absolute atomic E-state index is 12.4. The number of ether oxygens (including phenoxy) is 2. The third-order valence-electron chi connectivity index (χ3n) is 7.69. The van der Waals surface area contributed by atoms with Gasteiger partial charge in [-0.2, -0.15) is 22.2 Å². The summed E-state index contributed by atoms with van der Waals surface area (Å²) in [6.45, 7) is -2.40. The number of anilines is 2. The van der Waals surface area contributed by atoms with E-state index in [0.717, 1.165) is 28.1 Å². The summed E-state index contributed by atoms with van der Waals surface area (Å²) in [4.78, 5) is 82.8. The minimum absolute atomic E-state index is 0.0438. The Bertz CT molecular complexity index is 2500. The van der Waals surface area contributed by atoms with Crippen molar-refractivity contribution in [2.24, 2.45) is 0 Å². The van der Waals surface area contributed by atoms with Gasteiger partial charge in [-0.15, -0.1) is 0 Å². The number of hydrogen-bond acceptors (Lipinski definition) is 25. The third-order valence-corrected chi connectivity index (χ3v) is 15.2. The monoisotopic (exact) mass is 932 g/mol. The molecule has 4 aromatic heterocycles. The highest BCUT2D eigenvalue weighted by molar-refractivity contribution is 7.71. The number of nitrogen functional groups attached to an aromatic ring is 2. The van der Waals surface area contributed by atoms with Crippen LogP contribution < -0.4 is 17.0 Å². The van der Waals surface area contributed by atoms with Crippen molar-refractivity contribution >= 4 is 73.2 Å². The van der Waals surface area contributed by atoms with Gasteiger partial charge in [0.1, 0.15) is 48.5 Å². The largest absolute Gasteiger partial charge is 0.490 e. The first-order valence-electron chi connectivity index (χ1n) is 15.2. The molecule has 13 atom stereocenters. The number of rotatable bonds is 16. The van der Waals surface area contributed by atoms with Gasteiger partial charge in [0.15, 0.2) is 35.1 Å². The molecule has 2 aliphatic heterocycles. The van der Waals surface area contributed by atoms with Gasteiger partial charge in [0.25, 0.3) is 5.56 Å². The lowest BCUT2D eigenvalue weighted by molar-refractivity contribution is -0.0503. The summed E-state index contributed by atoms with van der Waals surface area (Å²) < 4.78 is 98.6. The Morgan fingerprint density at radius 3 is 1.55 bits per heavy atom. The van der Waals surface area contributed by atoms with Crippen LogP contribution in [0.5, 0.6) is 0 Å². The number of aliphatic hydroxyl groups is 4. The van der Waals surface area contributed by atoms with Gasteiger partial charge in [0.2, 0.25) is 5.95 Å². The first-order valence-corrected chi connectivity index (χ1v) is 22.7. The highest BCUT2D eigenvalue weighted by Gasteiger charge is 2.51. The van der Waals surface area contributed by atoms with E-state index in [-0.39, 0.29) is 34.1 Å². The molecule has 38 heteroatoms. The molecule has 0 saturated carbocycles. The van der Waals surface area contributed by atoms with Crippen LogP contribution in [-0.2, 0) is 58.6 Å². The fourth-order valence-electron chi connectivity index (χ4n) is 5.33. The summed E-state index contributed by atoms with van der Waals surface area (Å²) in [5.41, 5.74) is 10.1. The normalized spacial score (nSPS) is 30.4. The molecule has 5 unspecified atom stereocenters. The summed E-state index contributed by atoms with van der Waals surface area (Å²) in [6.07, 6.45) is -10.7. The molecule has 58 heavy (non-hydrogen) atoms. The molecule has 0 bridgehead atoms. The number of phosphoric acid groups is 5. The molecule has 0 aliphatic carbocycles. The van der Waals surface area contributed by atoms with Crippen LogP contribution in [0.4, 0.5) is 11.8 Å². The molecule has 2 aliphatic rings. The molecule has 2 fully saturated rings. The van der Waals surface area contributed by atoms with Gasteiger partial charge < -0.3 is 65.8 Å². The van der Waals surface area contributed by atoms with Crippen LogP contribution in [0.15, 0.2) is 23.8 Å². The van der Waals surface area contributed by atoms with Crippen molar-refractivity contribution in [1.29, 1.82) is 0 Å². The average Bonchev–Trinajstić information content (AvgIpc) is 3.83. The highest BCUT2D eigenvalue weighted by atomic mass is 31.3. The fraction of sp³-hybridized carbons (Fsp3) is 0.500. The van der Waals surface area contributed by atoms with Gasteiger partial charge in [-0.25, -0.2) is 42.8 Å². The van der Waals surface area contributed by atoms with Crippen LogP contribution in [0.25, 0.3) is 22.3 Å². The number of phosphoric ester groups is 2. The lowest BCUT2D eigenvalue weighted by atomic mass is 10.1. The van der Waals surface area contributed by atoms with Gasteiger partial charge in [-0.1, -0.05) is 0 Å². The third kappa shape index (κ3) is 9.78. The second kappa shape index (κ2) is 16.1. The second-order valence-electron chi connectivity index (χ2n) is 11.7. The Morgan fingerprint density at radius 1 is 0.638 bits per heavy atom. The van der Waals surface area contributed by atoms with E-state index >= 15 is 0 Å². The van der Waals surface area contributed by atoms with Crippen LogP contribution in [-0.4, -0.2) is 134 Å². The van der Waals surface area contributed by atoms with E-state index in [2.05, 4.69) is 56.2 Å². The van der Waals surface area contributed by atoms with E-state index in [1.54, 1.807) is 0 Å². The summed E-state index contributed by atoms with van der Waals surface area (Å²) >= 11 is 0. The summed E-state index contributed by atoms with van der Waals surface area (Å²) in [5, 5.41) is 41.8. The number of imidazole rings is 2. The molecule has 322 valence electrons. The van der Waals surface area contributed by atoms with Gasteiger partial charge in [-0.05, 0) is 0 Å². The van der Waals surface area contributed by atoms with Crippen molar-refractivity contribution in [3.8, 4) is 0 Å².